The van der Waals surface area contributed by atoms with Gasteiger partial charge in [0, 0.05) is 0 Å². The molecule has 21 heavy (non-hydrogen) atoms. The van der Waals surface area contributed by atoms with E-state index in [4.69, 9.17) is 9.47 Å². The Kier molecular flexibility index (Phi) is 5.17. The number of carbonyl (C=O) groups is 1. The summed E-state index contributed by atoms with van der Waals surface area (Å²) >= 11 is 0. The van der Waals surface area contributed by atoms with Crippen LogP contribution in [0.3, 0.4) is 0 Å². The second-order valence-corrected chi connectivity index (χ2v) is 5.38. The van der Waals surface area contributed by atoms with Gasteiger partial charge in [-0.25, -0.2) is 9.18 Å². The number of rotatable bonds is 8. The summed E-state index contributed by atoms with van der Waals surface area (Å²) in [5, 5.41) is 3.26. The van der Waals surface area contributed by atoms with Crippen LogP contribution in [0.4, 0.5) is 4.39 Å². The molecule has 0 aromatic heterocycles. The summed E-state index contributed by atoms with van der Waals surface area (Å²) in [5.74, 6) is -0.426. The Morgan fingerprint density at radius 2 is 2.14 bits per heavy atom. The Bertz CT molecular complexity index is 490. The zero-order valence-corrected chi connectivity index (χ0v) is 12.5. The van der Waals surface area contributed by atoms with E-state index in [9.17, 15) is 9.18 Å². The van der Waals surface area contributed by atoms with Crippen LogP contribution in [-0.2, 0) is 9.53 Å². The van der Waals surface area contributed by atoms with Crippen LogP contribution in [-0.4, -0.2) is 31.8 Å². The van der Waals surface area contributed by atoms with Crippen LogP contribution in [0.25, 0.3) is 0 Å². The van der Waals surface area contributed by atoms with E-state index in [1.54, 1.807) is 18.2 Å². The van der Waals surface area contributed by atoms with Gasteiger partial charge in [-0.1, -0.05) is 19.1 Å². The molecule has 0 aliphatic heterocycles. The van der Waals surface area contributed by atoms with Crippen molar-refractivity contribution >= 4 is 5.97 Å². The molecule has 0 amide bonds. The van der Waals surface area contributed by atoms with Crippen molar-refractivity contribution in [2.24, 2.45) is 5.92 Å². The fourth-order valence-electron chi connectivity index (χ4n) is 2.47. The van der Waals surface area contributed by atoms with E-state index < -0.39 is 11.4 Å². The number of hydrogen-bond donors (Lipinski definition) is 1. The van der Waals surface area contributed by atoms with Gasteiger partial charge in [-0.15, -0.1) is 0 Å². The number of hydrogen-bond acceptors (Lipinski definition) is 4. The van der Waals surface area contributed by atoms with Crippen molar-refractivity contribution in [3.8, 4) is 5.75 Å². The molecule has 1 aromatic carbocycles. The number of nitrogens with one attached hydrogen (secondary N) is 1. The maximum absolute atomic E-state index is 13.7. The number of benzene rings is 1. The molecule has 2 rings (SSSR count). The molecule has 0 radical (unpaired) electrons. The molecule has 0 heterocycles. The molecule has 0 bridgehead atoms. The van der Waals surface area contributed by atoms with Gasteiger partial charge < -0.3 is 9.47 Å². The van der Waals surface area contributed by atoms with E-state index in [-0.39, 0.29) is 24.2 Å². The van der Waals surface area contributed by atoms with E-state index in [1.807, 2.05) is 6.92 Å². The molecule has 1 fully saturated rings. The smallest absolute Gasteiger partial charge is 0.329 e. The van der Waals surface area contributed by atoms with Crippen LogP contribution in [0.1, 0.15) is 26.2 Å². The summed E-state index contributed by atoms with van der Waals surface area (Å²) in [4.78, 5) is 12.3. The summed E-state index contributed by atoms with van der Waals surface area (Å²) in [6.45, 7) is 2.79. The second kappa shape index (κ2) is 6.89. The second-order valence-electron chi connectivity index (χ2n) is 5.38. The molecule has 116 valence electrons. The van der Waals surface area contributed by atoms with Crippen molar-refractivity contribution < 1.29 is 18.7 Å². The lowest BCUT2D eigenvalue weighted by molar-refractivity contribution is -0.151. The summed E-state index contributed by atoms with van der Waals surface area (Å²) in [6.07, 6.45) is 2.80. The number of ether oxygens (including phenoxy) is 2. The third kappa shape index (κ3) is 3.53. The van der Waals surface area contributed by atoms with Gasteiger partial charge in [0.1, 0.15) is 6.61 Å². The summed E-state index contributed by atoms with van der Waals surface area (Å²) in [7, 11) is 1.37. The highest BCUT2D eigenvalue weighted by molar-refractivity contribution is 5.82. The summed E-state index contributed by atoms with van der Waals surface area (Å²) in [6, 6.07) is 6.21. The molecule has 0 saturated heterocycles. The Balaban J connectivity index is 2.15. The zero-order chi connectivity index (χ0) is 15.3. The number of methoxy groups -OCH3 is 1. The van der Waals surface area contributed by atoms with Crippen LogP contribution in [0.2, 0.25) is 0 Å². The minimum atomic E-state index is -0.882. The first-order valence-corrected chi connectivity index (χ1v) is 7.35. The monoisotopic (exact) mass is 295 g/mol. The van der Waals surface area contributed by atoms with Crippen molar-refractivity contribution in [3.05, 3.63) is 30.1 Å². The third-order valence-corrected chi connectivity index (χ3v) is 3.81. The molecule has 1 atom stereocenters. The molecule has 1 aromatic rings. The van der Waals surface area contributed by atoms with E-state index in [0.29, 0.717) is 6.54 Å². The van der Waals surface area contributed by atoms with Gasteiger partial charge >= 0.3 is 5.97 Å². The largest absolute Gasteiger partial charge is 0.488 e. The Labute approximate surface area is 124 Å². The summed E-state index contributed by atoms with van der Waals surface area (Å²) < 4.78 is 24.2. The van der Waals surface area contributed by atoms with Gasteiger partial charge in [0.05, 0.1) is 7.11 Å². The van der Waals surface area contributed by atoms with Crippen molar-refractivity contribution in [2.75, 3.05) is 20.3 Å². The first kappa shape index (κ1) is 15.8. The molecule has 1 aliphatic carbocycles. The minimum Gasteiger partial charge on any atom is -0.488 e. The Morgan fingerprint density at radius 1 is 1.43 bits per heavy atom. The van der Waals surface area contributed by atoms with Gasteiger partial charge in [-0.2, -0.15) is 0 Å². The third-order valence-electron chi connectivity index (χ3n) is 3.81. The maximum Gasteiger partial charge on any atom is 0.329 e. The highest BCUT2D eigenvalue weighted by Crippen LogP contribution is 2.41. The number of esters is 1. The first-order valence-electron chi connectivity index (χ1n) is 7.35. The molecule has 1 unspecified atom stereocenters. The molecule has 0 spiro atoms. The summed E-state index contributed by atoms with van der Waals surface area (Å²) in [5.41, 5.74) is -0.882. The molecule has 5 heteroatoms. The highest BCUT2D eigenvalue weighted by Gasteiger charge is 2.52. The fraction of sp³-hybridized carbons (Fsp3) is 0.562. The minimum absolute atomic E-state index is 0.0747. The van der Waals surface area contributed by atoms with Crippen LogP contribution in [0.15, 0.2) is 24.3 Å². The van der Waals surface area contributed by atoms with Crippen molar-refractivity contribution in [3.63, 3.8) is 0 Å². The topological polar surface area (TPSA) is 47.6 Å². The molecular weight excluding hydrogens is 273 g/mol. The predicted molar refractivity (Wildman–Crippen MR) is 77.7 cm³/mol. The van der Waals surface area contributed by atoms with Crippen LogP contribution in [0.5, 0.6) is 5.75 Å². The van der Waals surface area contributed by atoms with Gasteiger partial charge in [0.2, 0.25) is 0 Å². The van der Waals surface area contributed by atoms with Gasteiger partial charge in [-0.3, -0.25) is 5.32 Å². The Morgan fingerprint density at radius 3 is 2.71 bits per heavy atom. The van der Waals surface area contributed by atoms with Gasteiger partial charge in [-0.05, 0) is 43.9 Å². The fourth-order valence-corrected chi connectivity index (χ4v) is 2.47. The number of carbonyl (C=O) groups excluding carboxylic acids is 1. The zero-order valence-electron chi connectivity index (χ0n) is 12.5. The van der Waals surface area contributed by atoms with E-state index in [1.165, 1.54) is 13.2 Å². The quantitative estimate of drug-likeness (QED) is 0.749. The van der Waals surface area contributed by atoms with E-state index in [0.717, 1.165) is 19.3 Å². The lowest BCUT2D eigenvalue weighted by Crippen LogP contribution is -2.59. The average molecular weight is 295 g/mol. The molecular formula is C16H22FNO3. The van der Waals surface area contributed by atoms with Crippen molar-refractivity contribution in [1.29, 1.82) is 0 Å². The van der Waals surface area contributed by atoms with Crippen LogP contribution < -0.4 is 10.1 Å². The lowest BCUT2D eigenvalue weighted by atomic mass is 9.94. The van der Waals surface area contributed by atoms with Crippen LogP contribution in [0, 0.1) is 11.7 Å². The van der Waals surface area contributed by atoms with Crippen molar-refractivity contribution in [1.82, 2.24) is 5.32 Å². The average Bonchev–Trinajstić information content (AvgIpc) is 3.34. The standard InChI is InChI=1S/C16H22FNO3/c1-3-10-18-16(12-8-9-12,15(19)20-2)11-21-14-7-5-4-6-13(14)17/h4-7,12,18H,3,8-11H2,1-2H3. The van der Waals surface area contributed by atoms with Gasteiger partial charge in [0.15, 0.2) is 17.1 Å². The SMILES string of the molecule is CCCNC(COc1ccccc1F)(C(=O)OC)C1CC1. The number of para-hydroxylation sites is 1. The highest BCUT2D eigenvalue weighted by atomic mass is 19.1. The van der Waals surface area contributed by atoms with Crippen molar-refractivity contribution in [2.45, 2.75) is 31.7 Å². The first-order chi connectivity index (χ1) is 10.1. The molecule has 1 aliphatic rings. The van der Waals surface area contributed by atoms with Gasteiger partial charge in [0.25, 0.3) is 0 Å². The van der Waals surface area contributed by atoms with E-state index in [2.05, 4.69) is 5.32 Å². The van der Waals surface area contributed by atoms with E-state index >= 15 is 0 Å². The molecule has 1 saturated carbocycles. The Hall–Kier alpha value is -1.62. The molecule has 4 nitrogen and oxygen atoms in total. The lowest BCUT2D eigenvalue weighted by Gasteiger charge is -2.32. The molecule has 1 N–H and O–H groups in total. The number of halogens is 1. The normalized spacial score (nSPS) is 17.1. The maximum atomic E-state index is 13.7. The predicted octanol–water partition coefficient (Wildman–Crippen LogP) is 2.53. The van der Waals surface area contributed by atoms with Crippen LogP contribution >= 0.6 is 0 Å².